The zero-order valence-electron chi connectivity index (χ0n) is 10.5. The summed E-state index contributed by atoms with van der Waals surface area (Å²) >= 11 is 0. The second-order valence-electron chi connectivity index (χ2n) is 4.40. The van der Waals surface area contributed by atoms with Crippen LogP contribution in [0.4, 0.5) is 11.6 Å². The number of aryl methyl sites for hydroxylation is 1. The zero-order chi connectivity index (χ0) is 12.8. The molecule has 0 saturated carbocycles. The summed E-state index contributed by atoms with van der Waals surface area (Å²) < 4.78 is 0. The van der Waals surface area contributed by atoms with Crippen LogP contribution in [-0.4, -0.2) is 16.0 Å². The number of nitrogens with one attached hydrogen (secondary N) is 1. The number of hydrogen-bond donors (Lipinski definition) is 2. The fourth-order valence-electron chi connectivity index (χ4n) is 1.77. The molecule has 2 rings (SSSR count). The van der Waals surface area contributed by atoms with Gasteiger partial charge in [0.1, 0.15) is 11.6 Å². The molecule has 1 aromatic carbocycles. The fraction of sp³-hybridized carbons (Fsp3) is 0.286. The Hall–Kier alpha value is -2.10. The summed E-state index contributed by atoms with van der Waals surface area (Å²) in [5.74, 6) is 1.21. The van der Waals surface area contributed by atoms with Crippen molar-refractivity contribution < 1.29 is 0 Å². The van der Waals surface area contributed by atoms with E-state index in [0.717, 1.165) is 18.7 Å². The summed E-state index contributed by atoms with van der Waals surface area (Å²) in [7, 11) is 0. The predicted molar refractivity (Wildman–Crippen MR) is 74.3 cm³/mol. The third-order valence-corrected chi connectivity index (χ3v) is 2.77. The topological polar surface area (TPSA) is 63.8 Å². The molecule has 0 aliphatic heterocycles. The molecule has 0 aliphatic rings. The van der Waals surface area contributed by atoms with Crippen LogP contribution < -0.4 is 11.1 Å². The van der Waals surface area contributed by atoms with Crippen molar-refractivity contribution in [3.63, 3.8) is 0 Å². The molecule has 0 spiro atoms. The highest BCUT2D eigenvalue weighted by Gasteiger charge is 2.03. The number of nitrogens with two attached hydrogens (primary N) is 1. The molecule has 0 saturated heterocycles. The standard InChI is InChI=1S/C14H18N4/c1-11(7-8-12-5-3-2-4-6-12)18-14-10-16-13(15)9-17-14/h2-6,9-11H,7-8H2,1H3,(H2,15,16)(H,17,18). The van der Waals surface area contributed by atoms with E-state index < -0.39 is 0 Å². The van der Waals surface area contributed by atoms with Crippen molar-refractivity contribution in [3.05, 3.63) is 48.3 Å². The van der Waals surface area contributed by atoms with E-state index >= 15 is 0 Å². The molecule has 0 fully saturated rings. The third-order valence-electron chi connectivity index (χ3n) is 2.77. The van der Waals surface area contributed by atoms with Gasteiger partial charge in [-0.05, 0) is 25.3 Å². The van der Waals surface area contributed by atoms with Crippen molar-refractivity contribution in [2.45, 2.75) is 25.8 Å². The second kappa shape index (κ2) is 6.00. The summed E-state index contributed by atoms with van der Waals surface area (Å²) in [6.07, 6.45) is 5.33. The number of benzene rings is 1. The van der Waals surface area contributed by atoms with Gasteiger partial charge in [-0.25, -0.2) is 9.97 Å². The van der Waals surface area contributed by atoms with E-state index in [9.17, 15) is 0 Å². The number of anilines is 2. The van der Waals surface area contributed by atoms with Crippen LogP contribution in [0.2, 0.25) is 0 Å². The maximum atomic E-state index is 5.49. The Labute approximate surface area is 107 Å². The maximum absolute atomic E-state index is 5.49. The molecule has 2 aromatic rings. The normalized spacial score (nSPS) is 12.1. The number of aromatic nitrogens is 2. The molecule has 1 aromatic heterocycles. The first kappa shape index (κ1) is 12.4. The Kier molecular flexibility index (Phi) is 4.12. The molecule has 0 bridgehead atoms. The van der Waals surface area contributed by atoms with Gasteiger partial charge in [-0.3, -0.25) is 0 Å². The van der Waals surface area contributed by atoms with Crippen LogP contribution in [0.3, 0.4) is 0 Å². The van der Waals surface area contributed by atoms with Gasteiger partial charge in [0.2, 0.25) is 0 Å². The van der Waals surface area contributed by atoms with Gasteiger partial charge in [-0.15, -0.1) is 0 Å². The van der Waals surface area contributed by atoms with E-state index in [1.54, 1.807) is 12.4 Å². The van der Waals surface area contributed by atoms with Gasteiger partial charge >= 0.3 is 0 Å². The van der Waals surface area contributed by atoms with E-state index in [1.165, 1.54) is 5.56 Å². The van der Waals surface area contributed by atoms with Gasteiger partial charge in [0, 0.05) is 6.04 Å². The van der Waals surface area contributed by atoms with E-state index in [0.29, 0.717) is 11.9 Å². The van der Waals surface area contributed by atoms with Crippen LogP contribution in [0, 0.1) is 0 Å². The van der Waals surface area contributed by atoms with Crippen LogP contribution in [-0.2, 0) is 6.42 Å². The lowest BCUT2D eigenvalue weighted by molar-refractivity contribution is 0.702. The van der Waals surface area contributed by atoms with Gasteiger partial charge in [-0.1, -0.05) is 30.3 Å². The zero-order valence-corrected chi connectivity index (χ0v) is 10.5. The smallest absolute Gasteiger partial charge is 0.144 e. The summed E-state index contributed by atoms with van der Waals surface area (Å²) in [5, 5.41) is 3.31. The molecule has 1 unspecified atom stereocenters. The molecular formula is C14H18N4. The first-order valence-corrected chi connectivity index (χ1v) is 6.12. The third kappa shape index (κ3) is 3.73. The first-order chi connectivity index (χ1) is 8.74. The van der Waals surface area contributed by atoms with Crippen LogP contribution in [0.1, 0.15) is 18.9 Å². The van der Waals surface area contributed by atoms with Crippen molar-refractivity contribution in [1.29, 1.82) is 0 Å². The number of rotatable bonds is 5. The highest BCUT2D eigenvalue weighted by molar-refractivity contribution is 5.36. The highest BCUT2D eigenvalue weighted by Crippen LogP contribution is 2.09. The van der Waals surface area contributed by atoms with E-state index in [1.807, 2.05) is 6.07 Å². The molecule has 4 heteroatoms. The van der Waals surface area contributed by atoms with Crippen LogP contribution in [0.15, 0.2) is 42.7 Å². The van der Waals surface area contributed by atoms with E-state index in [2.05, 4.69) is 46.5 Å². The lowest BCUT2D eigenvalue weighted by atomic mass is 10.1. The summed E-state index contributed by atoms with van der Waals surface area (Å²) in [4.78, 5) is 8.18. The second-order valence-corrected chi connectivity index (χ2v) is 4.40. The largest absolute Gasteiger partial charge is 0.382 e. The van der Waals surface area contributed by atoms with Crippen LogP contribution in [0.5, 0.6) is 0 Å². The Morgan fingerprint density at radius 3 is 2.61 bits per heavy atom. The molecule has 1 atom stereocenters. The molecular weight excluding hydrogens is 224 g/mol. The summed E-state index contributed by atoms with van der Waals surface area (Å²) in [5.41, 5.74) is 6.85. The van der Waals surface area contributed by atoms with Crippen molar-refractivity contribution in [3.8, 4) is 0 Å². The van der Waals surface area contributed by atoms with Crippen molar-refractivity contribution in [2.24, 2.45) is 0 Å². The molecule has 18 heavy (non-hydrogen) atoms. The molecule has 4 nitrogen and oxygen atoms in total. The predicted octanol–water partition coefficient (Wildman–Crippen LogP) is 2.49. The Balaban J connectivity index is 1.82. The Morgan fingerprint density at radius 1 is 1.17 bits per heavy atom. The van der Waals surface area contributed by atoms with Gasteiger partial charge in [0.25, 0.3) is 0 Å². The highest BCUT2D eigenvalue weighted by atomic mass is 15.0. The maximum Gasteiger partial charge on any atom is 0.144 e. The Bertz CT molecular complexity index is 467. The SMILES string of the molecule is CC(CCc1ccccc1)Nc1cnc(N)cn1. The first-order valence-electron chi connectivity index (χ1n) is 6.12. The van der Waals surface area contributed by atoms with Gasteiger partial charge in [0.05, 0.1) is 12.4 Å². The summed E-state index contributed by atoms with van der Waals surface area (Å²) in [6, 6.07) is 10.8. The van der Waals surface area contributed by atoms with E-state index in [-0.39, 0.29) is 0 Å². The number of nitrogens with zero attached hydrogens (tertiary/aromatic N) is 2. The molecule has 94 valence electrons. The minimum absolute atomic E-state index is 0.350. The van der Waals surface area contributed by atoms with Crippen LogP contribution in [0.25, 0.3) is 0 Å². The molecule has 1 heterocycles. The monoisotopic (exact) mass is 242 g/mol. The Morgan fingerprint density at radius 2 is 1.94 bits per heavy atom. The molecule has 3 N–H and O–H groups in total. The minimum atomic E-state index is 0.350. The average molecular weight is 242 g/mol. The van der Waals surface area contributed by atoms with Crippen molar-refractivity contribution in [1.82, 2.24) is 9.97 Å². The lowest BCUT2D eigenvalue weighted by Gasteiger charge is -2.14. The van der Waals surface area contributed by atoms with Gasteiger partial charge < -0.3 is 11.1 Å². The van der Waals surface area contributed by atoms with Gasteiger partial charge in [0.15, 0.2) is 0 Å². The van der Waals surface area contributed by atoms with Crippen molar-refractivity contribution in [2.75, 3.05) is 11.1 Å². The minimum Gasteiger partial charge on any atom is -0.382 e. The number of nitrogen functional groups attached to an aromatic ring is 1. The lowest BCUT2D eigenvalue weighted by Crippen LogP contribution is -2.17. The molecule has 0 amide bonds. The van der Waals surface area contributed by atoms with E-state index in [4.69, 9.17) is 5.73 Å². The number of hydrogen-bond acceptors (Lipinski definition) is 4. The van der Waals surface area contributed by atoms with Gasteiger partial charge in [-0.2, -0.15) is 0 Å². The fourth-order valence-corrected chi connectivity index (χ4v) is 1.77. The quantitative estimate of drug-likeness (QED) is 0.845. The average Bonchev–Trinajstić information content (AvgIpc) is 2.40. The molecule has 0 radical (unpaired) electrons. The molecule has 0 aliphatic carbocycles. The van der Waals surface area contributed by atoms with Crippen LogP contribution >= 0.6 is 0 Å². The van der Waals surface area contributed by atoms with Crippen molar-refractivity contribution >= 4 is 11.6 Å². The summed E-state index contributed by atoms with van der Waals surface area (Å²) in [6.45, 7) is 2.14.